The SMILES string of the molecule is CCOC(=O)N[C@@H](Cc1ccccc1)C(=O)N[C@@H](Cc1cnc[nH]1)C(=O)N[C@@H](CC1CCCCC1)[C@@H](O)CC(=O)N[C@@H](CC(C)C)C(=O)N[C@@H](Cc1ccccc1)C(N)=O. The van der Waals surface area contributed by atoms with E-state index in [1.54, 1.807) is 6.92 Å². The van der Waals surface area contributed by atoms with Crippen molar-refractivity contribution in [3.8, 4) is 0 Å². The van der Waals surface area contributed by atoms with E-state index >= 15 is 0 Å². The van der Waals surface area contributed by atoms with Gasteiger partial charge in [-0.25, -0.2) is 9.78 Å². The Morgan fingerprint density at radius 1 is 0.767 bits per heavy atom. The monoisotopic (exact) mass is 830 g/mol. The minimum Gasteiger partial charge on any atom is -0.450 e. The van der Waals surface area contributed by atoms with Crippen molar-refractivity contribution in [3.05, 3.63) is 90.0 Å². The zero-order valence-electron chi connectivity index (χ0n) is 34.9. The van der Waals surface area contributed by atoms with Crippen molar-refractivity contribution in [1.82, 2.24) is 36.6 Å². The molecule has 1 aliphatic rings. The van der Waals surface area contributed by atoms with E-state index in [0.29, 0.717) is 12.1 Å². The first-order valence-electron chi connectivity index (χ1n) is 21.0. The molecule has 326 valence electrons. The smallest absolute Gasteiger partial charge is 0.407 e. The molecule has 4 rings (SSSR count). The van der Waals surface area contributed by atoms with Gasteiger partial charge < -0.3 is 47.1 Å². The average molecular weight is 831 g/mol. The molecule has 3 aromatic rings. The Hall–Kier alpha value is -5.77. The number of aromatic amines is 1. The lowest BCUT2D eigenvalue weighted by atomic mass is 9.83. The molecule has 16 nitrogen and oxygen atoms in total. The van der Waals surface area contributed by atoms with E-state index in [1.807, 2.05) is 74.5 Å². The predicted octanol–water partition coefficient (Wildman–Crippen LogP) is 2.74. The summed E-state index contributed by atoms with van der Waals surface area (Å²) >= 11 is 0. The number of carbonyl (C=O) groups is 6. The molecule has 0 spiro atoms. The molecule has 0 radical (unpaired) electrons. The summed E-state index contributed by atoms with van der Waals surface area (Å²) in [6.07, 6.45) is 6.16. The summed E-state index contributed by atoms with van der Waals surface area (Å²) in [5.74, 6) is -3.02. The Labute approximate surface area is 352 Å². The minimum atomic E-state index is -1.37. The molecular weight excluding hydrogens is 769 g/mol. The van der Waals surface area contributed by atoms with Crippen LogP contribution in [-0.4, -0.2) is 93.6 Å². The van der Waals surface area contributed by atoms with E-state index in [9.17, 15) is 33.9 Å². The van der Waals surface area contributed by atoms with Crippen molar-refractivity contribution in [2.75, 3.05) is 6.61 Å². The summed E-state index contributed by atoms with van der Waals surface area (Å²) in [4.78, 5) is 87.2. The number of amides is 6. The van der Waals surface area contributed by atoms with Gasteiger partial charge in [0, 0.05) is 31.2 Å². The molecule has 0 aliphatic heterocycles. The van der Waals surface area contributed by atoms with Crippen LogP contribution in [0.5, 0.6) is 0 Å². The van der Waals surface area contributed by atoms with Gasteiger partial charge in [-0.2, -0.15) is 0 Å². The molecule has 9 N–H and O–H groups in total. The normalized spacial score (nSPS) is 15.9. The fourth-order valence-electron chi connectivity index (χ4n) is 7.48. The summed E-state index contributed by atoms with van der Waals surface area (Å²) in [6.45, 7) is 5.52. The molecule has 1 aliphatic carbocycles. The predicted molar refractivity (Wildman–Crippen MR) is 225 cm³/mol. The van der Waals surface area contributed by atoms with Crippen LogP contribution < -0.4 is 32.3 Å². The molecule has 6 atom stereocenters. The Balaban J connectivity index is 1.51. The number of benzene rings is 2. The fraction of sp³-hybridized carbons (Fsp3) is 0.523. The molecule has 6 amide bonds. The molecule has 1 aromatic heterocycles. The molecule has 1 saturated carbocycles. The number of ether oxygens (including phenoxy) is 1. The molecule has 1 heterocycles. The van der Waals surface area contributed by atoms with E-state index in [-0.39, 0.29) is 44.1 Å². The summed E-state index contributed by atoms with van der Waals surface area (Å²) < 4.78 is 5.06. The maximum atomic E-state index is 14.3. The van der Waals surface area contributed by atoms with Gasteiger partial charge in [-0.3, -0.25) is 24.0 Å². The zero-order chi connectivity index (χ0) is 43.4. The maximum Gasteiger partial charge on any atom is 0.407 e. The number of hydrogen-bond donors (Lipinski definition) is 8. The summed E-state index contributed by atoms with van der Waals surface area (Å²) in [6, 6.07) is 13.0. The van der Waals surface area contributed by atoms with Gasteiger partial charge in [0.15, 0.2) is 0 Å². The molecule has 1 fully saturated rings. The lowest BCUT2D eigenvalue weighted by Crippen LogP contribution is -2.58. The molecule has 2 aromatic carbocycles. The van der Waals surface area contributed by atoms with Crippen molar-refractivity contribution < 1.29 is 38.6 Å². The number of hydrogen-bond acceptors (Lipinski definition) is 9. The highest BCUT2D eigenvalue weighted by atomic mass is 16.5. The zero-order valence-corrected chi connectivity index (χ0v) is 34.9. The van der Waals surface area contributed by atoms with Crippen LogP contribution in [0.2, 0.25) is 0 Å². The van der Waals surface area contributed by atoms with Gasteiger partial charge in [0.1, 0.15) is 24.2 Å². The van der Waals surface area contributed by atoms with Crippen molar-refractivity contribution in [3.63, 3.8) is 0 Å². The Kier molecular flexibility index (Phi) is 19.0. The molecule has 0 unspecified atom stereocenters. The van der Waals surface area contributed by atoms with Crippen LogP contribution >= 0.6 is 0 Å². The Bertz CT molecular complexity index is 1800. The van der Waals surface area contributed by atoms with Gasteiger partial charge >= 0.3 is 6.09 Å². The first kappa shape index (κ1) is 46.9. The van der Waals surface area contributed by atoms with Crippen LogP contribution in [0.1, 0.15) is 89.0 Å². The lowest BCUT2D eigenvalue weighted by Gasteiger charge is -2.32. The number of H-pyrrole nitrogens is 1. The minimum absolute atomic E-state index is 0.00430. The molecule has 60 heavy (non-hydrogen) atoms. The highest BCUT2D eigenvalue weighted by Crippen LogP contribution is 2.28. The number of imidazole rings is 1. The van der Waals surface area contributed by atoms with Crippen LogP contribution in [-0.2, 0) is 48.0 Å². The van der Waals surface area contributed by atoms with Crippen molar-refractivity contribution in [1.29, 1.82) is 0 Å². The third-order valence-electron chi connectivity index (χ3n) is 10.6. The quantitative estimate of drug-likeness (QED) is 0.0699. The second kappa shape index (κ2) is 24.3. The second-order valence-electron chi connectivity index (χ2n) is 16.0. The number of aliphatic hydroxyl groups excluding tert-OH is 1. The third kappa shape index (κ3) is 16.1. The summed E-state index contributed by atoms with van der Waals surface area (Å²) in [5.41, 5.74) is 7.77. The number of rotatable bonds is 23. The van der Waals surface area contributed by atoms with Crippen LogP contribution in [0, 0.1) is 11.8 Å². The first-order chi connectivity index (χ1) is 28.8. The number of aliphatic hydroxyl groups is 1. The third-order valence-corrected chi connectivity index (χ3v) is 10.6. The first-order valence-corrected chi connectivity index (χ1v) is 21.0. The Morgan fingerprint density at radius 2 is 1.33 bits per heavy atom. The lowest BCUT2D eigenvalue weighted by molar-refractivity contribution is -0.133. The summed E-state index contributed by atoms with van der Waals surface area (Å²) in [5, 5.41) is 25.5. The number of nitrogens with one attached hydrogen (secondary N) is 6. The van der Waals surface area contributed by atoms with Crippen LogP contribution in [0.15, 0.2) is 73.2 Å². The summed E-state index contributed by atoms with van der Waals surface area (Å²) in [7, 11) is 0. The number of aromatic nitrogens is 2. The van der Waals surface area contributed by atoms with E-state index in [0.717, 1.165) is 43.2 Å². The standard InChI is InChI=1S/C44H62N8O8/c1-4-60-44(59)52-36(23-31-18-12-7-13-19-31)42(57)51-37(24-32-26-46-27-47-32)43(58)49-33(21-29-14-8-5-9-15-29)38(53)25-39(54)48-35(20-28(2)3)41(56)50-34(40(45)55)22-30-16-10-6-11-17-30/h6-7,10-13,16-19,26-29,33-38,53H,4-5,8-9,14-15,20-25H2,1-3H3,(H2,45,55)(H,46,47)(H,48,54)(H,49,58)(H,50,56)(H,51,57)(H,52,59)/t33-,34-,35-,36-,37-,38-/m0/s1. The van der Waals surface area contributed by atoms with Crippen LogP contribution in [0.4, 0.5) is 4.79 Å². The van der Waals surface area contributed by atoms with E-state index in [4.69, 9.17) is 10.5 Å². The van der Waals surface area contributed by atoms with Gasteiger partial charge in [-0.1, -0.05) is 107 Å². The highest BCUT2D eigenvalue weighted by Gasteiger charge is 2.34. The van der Waals surface area contributed by atoms with Crippen LogP contribution in [0.3, 0.4) is 0 Å². The molecule has 0 bridgehead atoms. The van der Waals surface area contributed by atoms with Crippen molar-refractivity contribution >= 4 is 35.6 Å². The molecule has 0 saturated heterocycles. The van der Waals surface area contributed by atoms with Crippen LogP contribution in [0.25, 0.3) is 0 Å². The number of nitrogens with two attached hydrogens (primary N) is 1. The highest BCUT2D eigenvalue weighted by molar-refractivity contribution is 5.93. The van der Waals surface area contributed by atoms with Gasteiger partial charge in [-0.05, 0) is 42.7 Å². The topological polar surface area (TPSA) is 247 Å². The Morgan fingerprint density at radius 3 is 1.90 bits per heavy atom. The van der Waals surface area contributed by atoms with Gasteiger partial charge in [0.25, 0.3) is 0 Å². The second-order valence-corrected chi connectivity index (χ2v) is 16.0. The van der Waals surface area contributed by atoms with Crippen molar-refractivity contribution in [2.45, 2.75) is 128 Å². The maximum absolute atomic E-state index is 14.3. The van der Waals surface area contributed by atoms with E-state index in [1.165, 1.54) is 12.5 Å². The molecule has 16 heteroatoms. The van der Waals surface area contributed by atoms with Gasteiger partial charge in [0.05, 0.1) is 31.5 Å². The van der Waals surface area contributed by atoms with Gasteiger partial charge in [0.2, 0.25) is 29.5 Å². The molecular formula is C44H62N8O8. The fourth-order valence-corrected chi connectivity index (χ4v) is 7.48. The van der Waals surface area contributed by atoms with E-state index in [2.05, 4.69) is 36.6 Å². The number of primary amides is 1. The largest absolute Gasteiger partial charge is 0.450 e. The average Bonchev–Trinajstić information content (AvgIpc) is 3.74. The van der Waals surface area contributed by atoms with Gasteiger partial charge in [-0.15, -0.1) is 0 Å². The van der Waals surface area contributed by atoms with Crippen molar-refractivity contribution in [2.24, 2.45) is 17.6 Å². The number of alkyl carbamates (subject to hydrolysis) is 1. The number of nitrogens with zero attached hydrogens (tertiary/aromatic N) is 1. The van der Waals surface area contributed by atoms with E-state index < -0.39 is 78.4 Å². The number of carbonyl (C=O) groups excluding carboxylic acids is 6.